The molecule has 19 heavy (non-hydrogen) atoms. The molecular weight excluding hydrogens is 239 g/mol. The van der Waals surface area contributed by atoms with Gasteiger partial charge in [0.15, 0.2) is 0 Å². The van der Waals surface area contributed by atoms with Crippen LogP contribution in [0.3, 0.4) is 0 Å². The summed E-state index contributed by atoms with van der Waals surface area (Å²) in [5.74, 6) is -0.189. The zero-order valence-electron chi connectivity index (χ0n) is 11.1. The van der Waals surface area contributed by atoms with E-state index in [1.165, 1.54) is 17.7 Å². The first-order valence-electron chi connectivity index (χ1n) is 6.41. The van der Waals surface area contributed by atoms with E-state index in [1.807, 2.05) is 30.3 Å². The first kappa shape index (κ1) is 13.6. The fourth-order valence-corrected chi connectivity index (χ4v) is 2.05. The summed E-state index contributed by atoms with van der Waals surface area (Å²) in [4.78, 5) is 2.22. The summed E-state index contributed by atoms with van der Waals surface area (Å²) in [5, 5.41) is 0. The monoisotopic (exact) mass is 258 g/mol. The molecule has 100 valence electrons. The van der Waals surface area contributed by atoms with Crippen molar-refractivity contribution < 1.29 is 4.39 Å². The van der Waals surface area contributed by atoms with Crippen LogP contribution in [0.25, 0.3) is 0 Å². The molecule has 0 saturated heterocycles. The average molecular weight is 258 g/mol. The summed E-state index contributed by atoms with van der Waals surface area (Å²) in [6, 6.07) is 14.6. The van der Waals surface area contributed by atoms with Gasteiger partial charge in [-0.3, -0.25) is 0 Å². The predicted molar refractivity (Wildman–Crippen MR) is 77.3 cm³/mol. The highest BCUT2D eigenvalue weighted by Gasteiger charge is 2.02. The van der Waals surface area contributed by atoms with Crippen LogP contribution in [0.15, 0.2) is 48.5 Å². The van der Waals surface area contributed by atoms with Crippen molar-refractivity contribution in [1.29, 1.82) is 0 Å². The molecule has 0 fully saturated rings. The minimum Gasteiger partial charge on any atom is -0.399 e. The molecule has 2 N–H and O–H groups in total. The summed E-state index contributed by atoms with van der Waals surface area (Å²) in [7, 11) is 2.07. The van der Waals surface area contributed by atoms with Gasteiger partial charge in [0, 0.05) is 18.8 Å². The Morgan fingerprint density at radius 3 is 2.47 bits per heavy atom. The zero-order chi connectivity index (χ0) is 13.7. The maximum absolute atomic E-state index is 12.8. The number of hydrogen-bond donors (Lipinski definition) is 1. The van der Waals surface area contributed by atoms with Crippen LogP contribution in [0.1, 0.15) is 11.1 Å². The first-order valence-corrected chi connectivity index (χ1v) is 6.41. The summed E-state index contributed by atoms with van der Waals surface area (Å²) >= 11 is 0. The molecule has 0 unspecified atom stereocenters. The number of nitrogen functional groups attached to an aromatic ring is 1. The molecule has 2 nitrogen and oxygen atoms in total. The molecule has 0 spiro atoms. The van der Waals surface area contributed by atoms with Crippen LogP contribution in [-0.4, -0.2) is 18.5 Å². The van der Waals surface area contributed by atoms with Crippen molar-refractivity contribution in [3.63, 3.8) is 0 Å². The fraction of sp³-hybridized carbons (Fsp3) is 0.250. The lowest BCUT2D eigenvalue weighted by molar-refractivity contribution is 0.331. The molecule has 0 aromatic heterocycles. The Morgan fingerprint density at radius 2 is 1.79 bits per heavy atom. The number of nitrogens with two attached hydrogens (primary N) is 1. The molecule has 3 heteroatoms. The first-order chi connectivity index (χ1) is 9.13. The number of nitrogens with zero attached hydrogens (tertiary/aromatic N) is 1. The van der Waals surface area contributed by atoms with Crippen LogP contribution < -0.4 is 5.73 Å². The van der Waals surface area contributed by atoms with E-state index >= 15 is 0 Å². The van der Waals surface area contributed by atoms with E-state index in [0.29, 0.717) is 0 Å². The third-order valence-electron chi connectivity index (χ3n) is 3.10. The normalized spacial score (nSPS) is 10.9. The van der Waals surface area contributed by atoms with Gasteiger partial charge in [0.1, 0.15) is 5.82 Å². The van der Waals surface area contributed by atoms with Crippen molar-refractivity contribution in [2.45, 2.75) is 13.0 Å². The summed E-state index contributed by atoms with van der Waals surface area (Å²) in [6.45, 7) is 1.77. The zero-order valence-corrected chi connectivity index (χ0v) is 11.1. The molecule has 0 amide bonds. The molecule has 2 aromatic rings. The smallest absolute Gasteiger partial charge is 0.123 e. The van der Waals surface area contributed by atoms with E-state index in [4.69, 9.17) is 5.73 Å². The predicted octanol–water partition coefficient (Wildman–Crippen LogP) is 3.08. The standard InChI is InChI=1S/C16H19FN2/c1-19(12-14-5-7-15(17)8-6-14)10-9-13-3-2-4-16(18)11-13/h2-8,11H,9-10,12,18H2,1H3. The molecule has 2 aromatic carbocycles. The maximum Gasteiger partial charge on any atom is 0.123 e. The number of anilines is 1. The molecule has 0 aliphatic heterocycles. The largest absolute Gasteiger partial charge is 0.399 e. The minimum absolute atomic E-state index is 0.189. The van der Waals surface area contributed by atoms with Crippen LogP contribution in [0, 0.1) is 5.82 Å². The fourth-order valence-electron chi connectivity index (χ4n) is 2.05. The van der Waals surface area contributed by atoms with Gasteiger partial charge in [-0.1, -0.05) is 24.3 Å². The van der Waals surface area contributed by atoms with E-state index < -0.39 is 0 Å². The van der Waals surface area contributed by atoms with Gasteiger partial charge in [-0.2, -0.15) is 0 Å². The van der Waals surface area contributed by atoms with Crippen LogP contribution in [0.4, 0.5) is 10.1 Å². The molecule has 0 saturated carbocycles. The van der Waals surface area contributed by atoms with Crippen LogP contribution in [0.2, 0.25) is 0 Å². The molecule has 0 atom stereocenters. The van der Waals surface area contributed by atoms with Crippen molar-refractivity contribution >= 4 is 5.69 Å². The number of likely N-dealkylation sites (N-methyl/N-ethyl adjacent to an activating group) is 1. The quantitative estimate of drug-likeness (QED) is 0.835. The van der Waals surface area contributed by atoms with Crippen molar-refractivity contribution in [2.24, 2.45) is 0 Å². The van der Waals surface area contributed by atoms with E-state index in [2.05, 4.69) is 18.0 Å². The van der Waals surface area contributed by atoms with Gasteiger partial charge >= 0.3 is 0 Å². The van der Waals surface area contributed by atoms with Crippen molar-refractivity contribution in [2.75, 3.05) is 19.3 Å². The van der Waals surface area contributed by atoms with E-state index in [-0.39, 0.29) is 5.82 Å². The van der Waals surface area contributed by atoms with E-state index in [0.717, 1.165) is 30.8 Å². The van der Waals surface area contributed by atoms with Crippen LogP contribution >= 0.6 is 0 Å². The van der Waals surface area contributed by atoms with Crippen LogP contribution in [0.5, 0.6) is 0 Å². The Hall–Kier alpha value is -1.87. The summed E-state index contributed by atoms with van der Waals surface area (Å²) in [5.41, 5.74) is 8.92. The van der Waals surface area contributed by atoms with Gasteiger partial charge in [0.05, 0.1) is 0 Å². The highest BCUT2D eigenvalue weighted by molar-refractivity contribution is 5.40. The lowest BCUT2D eigenvalue weighted by atomic mass is 10.1. The Bertz CT molecular complexity index is 523. The van der Waals surface area contributed by atoms with Gasteiger partial charge in [-0.05, 0) is 48.9 Å². The van der Waals surface area contributed by atoms with Gasteiger partial charge < -0.3 is 10.6 Å². The summed E-state index contributed by atoms with van der Waals surface area (Å²) in [6.07, 6.45) is 0.961. The lowest BCUT2D eigenvalue weighted by Crippen LogP contribution is -2.20. The number of benzene rings is 2. The molecule has 0 bridgehead atoms. The molecule has 0 aliphatic rings. The second kappa shape index (κ2) is 6.34. The topological polar surface area (TPSA) is 29.3 Å². The maximum atomic E-state index is 12.8. The van der Waals surface area contributed by atoms with Crippen LogP contribution in [-0.2, 0) is 13.0 Å². The Morgan fingerprint density at radius 1 is 1.05 bits per heavy atom. The molecule has 0 heterocycles. The minimum atomic E-state index is -0.189. The highest BCUT2D eigenvalue weighted by Crippen LogP contribution is 2.09. The number of hydrogen-bond acceptors (Lipinski definition) is 2. The molecule has 0 radical (unpaired) electrons. The second-order valence-corrected chi connectivity index (χ2v) is 4.86. The third kappa shape index (κ3) is 4.38. The van der Waals surface area contributed by atoms with E-state index in [1.54, 1.807) is 0 Å². The van der Waals surface area contributed by atoms with Gasteiger partial charge in [-0.15, -0.1) is 0 Å². The Kier molecular flexibility index (Phi) is 4.53. The lowest BCUT2D eigenvalue weighted by Gasteiger charge is -2.16. The van der Waals surface area contributed by atoms with Crippen molar-refractivity contribution in [1.82, 2.24) is 4.90 Å². The number of rotatable bonds is 5. The van der Waals surface area contributed by atoms with Gasteiger partial charge in [0.25, 0.3) is 0 Å². The Labute approximate surface area is 113 Å². The molecule has 0 aliphatic carbocycles. The third-order valence-corrected chi connectivity index (χ3v) is 3.10. The molecular formula is C16H19FN2. The van der Waals surface area contributed by atoms with Crippen molar-refractivity contribution in [3.05, 3.63) is 65.5 Å². The summed E-state index contributed by atoms with van der Waals surface area (Å²) < 4.78 is 12.8. The second-order valence-electron chi connectivity index (χ2n) is 4.86. The molecule has 2 rings (SSSR count). The number of halogens is 1. The SMILES string of the molecule is CN(CCc1cccc(N)c1)Cc1ccc(F)cc1. The average Bonchev–Trinajstić information content (AvgIpc) is 2.39. The highest BCUT2D eigenvalue weighted by atomic mass is 19.1. The van der Waals surface area contributed by atoms with Gasteiger partial charge in [0.2, 0.25) is 0 Å². The Balaban J connectivity index is 1.84. The van der Waals surface area contributed by atoms with E-state index in [9.17, 15) is 4.39 Å². The van der Waals surface area contributed by atoms with Crippen molar-refractivity contribution in [3.8, 4) is 0 Å². The van der Waals surface area contributed by atoms with Gasteiger partial charge in [-0.25, -0.2) is 4.39 Å².